The maximum absolute atomic E-state index is 11.9. The van der Waals surface area contributed by atoms with Gasteiger partial charge in [-0.05, 0) is 32.2 Å². The molecule has 18 heavy (non-hydrogen) atoms. The quantitative estimate of drug-likeness (QED) is 0.805. The lowest BCUT2D eigenvalue weighted by molar-refractivity contribution is -0.122. The lowest BCUT2D eigenvalue weighted by Gasteiger charge is -2.27. The molecule has 0 aromatic carbocycles. The Labute approximate surface area is 107 Å². The predicted octanol–water partition coefficient (Wildman–Crippen LogP) is 1.15. The zero-order chi connectivity index (χ0) is 12.5. The first-order valence-corrected chi connectivity index (χ1v) is 6.86. The summed E-state index contributed by atoms with van der Waals surface area (Å²) in [6.45, 7) is 1.92. The molecule has 5 nitrogen and oxygen atoms in total. The summed E-state index contributed by atoms with van der Waals surface area (Å²) in [5.41, 5.74) is 1.01. The SMILES string of the molecule is Cn1cc(CN2CCCC2C2CCCC2=O)nn1. The Bertz CT molecular complexity index is 442. The Balaban J connectivity index is 1.69. The average Bonchev–Trinajstić information content (AvgIpc) is 3.02. The molecule has 0 bridgehead atoms. The highest BCUT2D eigenvalue weighted by Crippen LogP contribution is 2.33. The van der Waals surface area contributed by atoms with E-state index >= 15 is 0 Å². The molecule has 0 radical (unpaired) electrons. The number of carbonyl (C=O) groups excluding carboxylic acids is 1. The molecule has 5 heteroatoms. The Kier molecular flexibility index (Phi) is 3.16. The van der Waals surface area contributed by atoms with Gasteiger partial charge in [0.15, 0.2) is 0 Å². The van der Waals surface area contributed by atoms with Gasteiger partial charge in [0.05, 0.1) is 5.69 Å². The zero-order valence-electron chi connectivity index (χ0n) is 10.9. The van der Waals surface area contributed by atoms with Crippen molar-refractivity contribution in [2.24, 2.45) is 13.0 Å². The van der Waals surface area contributed by atoms with Crippen molar-refractivity contribution in [2.45, 2.75) is 44.7 Å². The third kappa shape index (κ3) is 2.19. The Morgan fingerprint density at radius 1 is 1.39 bits per heavy atom. The minimum atomic E-state index is 0.282. The number of Topliss-reactive ketones (excluding diaryl/α,β-unsaturated/α-hetero) is 1. The summed E-state index contributed by atoms with van der Waals surface area (Å²) < 4.78 is 1.74. The van der Waals surface area contributed by atoms with Crippen LogP contribution in [0, 0.1) is 5.92 Å². The van der Waals surface area contributed by atoms with E-state index < -0.39 is 0 Å². The van der Waals surface area contributed by atoms with Crippen LogP contribution in [0.5, 0.6) is 0 Å². The summed E-state index contributed by atoms with van der Waals surface area (Å²) in [4.78, 5) is 14.3. The standard InChI is InChI=1S/C13H20N4O/c1-16-8-10(14-15-16)9-17-7-3-5-12(17)11-4-2-6-13(11)18/h8,11-12H,2-7,9H2,1H3. The Morgan fingerprint density at radius 3 is 2.94 bits per heavy atom. The molecule has 1 aliphatic heterocycles. The summed E-state index contributed by atoms with van der Waals surface area (Å²) >= 11 is 0. The van der Waals surface area contributed by atoms with Gasteiger partial charge in [0.1, 0.15) is 5.78 Å². The zero-order valence-corrected chi connectivity index (χ0v) is 10.9. The van der Waals surface area contributed by atoms with Gasteiger partial charge < -0.3 is 0 Å². The number of hydrogen-bond donors (Lipinski definition) is 0. The van der Waals surface area contributed by atoms with Crippen molar-refractivity contribution in [3.05, 3.63) is 11.9 Å². The number of nitrogens with zero attached hydrogens (tertiary/aromatic N) is 4. The van der Waals surface area contributed by atoms with Crippen LogP contribution in [-0.4, -0.2) is 38.3 Å². The van der Waals surface area contributed by atoms with Gasteiger partial charge in [-0.25, -0.2) is 0 Å². The number of aryl methyl sites for hydroxylation is 1. The van der Waals surface area contributed by atoms with Gasteiger partial charge in [0.2, 0.25) is 0 Å². The summed E-state index contributed by atoms with van der Waals surface area (Å²) in [5, 5.41) is 8.11. The van der Waals surface area contributed by atoms with Gasteiger partial charge in [-0.1, -0.05) is 5.21 Å². The number of hydrogen-bond acceptors (Lipinski definition) is 4. The van der Waals surface area contributed by atoms with Crippen LogP contribution in [0.15, 0.2) is 6.20 Å². The van der Waals surface area contributed by atoms with Crippen LogP contribution >= 0.6 is 0 Å². The van der Waals surface area contributed by atoms with E-state index in [-0.39, 0.29) is 5.92 Å². The lowest BCUT2D eigenvalue weighted by Crippen LogP contribution is -2.37. The van der Waals surface area contributed by atoms with Crippen molar-refractivity contribution in [1.29, 1.82) is 0 Å². The molecule has 0 spiro atoms. The third-order valence-electron chi connectivity index (χ3n) is 4.25. The molecule has 98 valence electrons. The molecule has 1 aromatic heterocycles. The summed E-state index contributed by atoms with van der Waals surface area (Å²) in [7, 11) is 1.89. The number of ketones is 1. The molecule has 1 saturated heterocycles. The van der Waals surface area contributed by atoms with Crippen LogP contribution in [0.3, 0.4) is 0 Å². The van der Waals surface area contributed by atoms with E-state index in [1.807, 2.05) is 13.2 Å². The maximum Gasteiger partial charge on any atom is 0.137 e. The number of rotatable bonds is 3. The van der Waals surface area contributed by atoms with Crippen molar-refractivity contribution < 1.29 is 4.79 Å². The second-order valence-corrected chi connectivity index (χ2v) is 5.53. The normalized spacial score (nSPS) is 29.3. The number of aromatic nitrogens is 3. The molecule has 2 heterocycles. The first kappa shape index (κ1) is 11.8. The molecule has 2 aliphatic rings. The van der Waals surface area contributed by atoms with Crippen molar-refractivity contribution in [3.63, 3.8) is 0 Å². The van der Waals surface area contributed by atoms with E-state index in [1.54, 1.807) is 4.68 Å². The van der Waals surface area contributed by atoms with Gasteiger partial charge in [0.25, 0.3) is 0 Å². The van der Waals surface area contributed by atoms with Crippen LogP contribution in [0.25, 0.3) is 0 Å². The predicted molar refractivity (Wildman–Crippen MR) is 66.8 cm³/mol. The van der Waals surface area contributed by atoms with E-state index in [9.17, 15) is 4.79 Å². The summed E-state index contributed by atoms with van der Waals surface area (Å²) in [6.07, 6.45) is 7.29. The van der Waals surface area contributed by atoms with Crippen molar-refractivity contribution >= 4 is 5.78 Å². The fourth-order valence-electron chi connectivity index (χ4n) is 3.43. The highest BCUT2D eigenvalue weighted by atomic mass is 16.1. The van der Waals surface area contributed by atoms with E-state index in [0.29, 0.717) is 11.8 Å². The molecule has 3 rings (SSSR count). The molecule has 2 unspecified atom stereocenters. The minimum Gasteiger partial charge on any atom is -0.299 e. The molecule has 2 fully saturated rings. The summed E-state index contributed by atoms with van der Waals surface area (Å²) in [6, 6.07) is 0.446. The largest absolute Gasteiger partial charge is 0.299 e. The van der Waals surface area contributed by atoms with E-state index in [2.05, 4.69) is 15.2 Å². The fraction of sp³-hybridized carbons (Fsp3) is 0.769. The molecule has 2 atom stereocenters. The molecular formula is C13H20N4O. The smallest absolute Gasteiger partial charge is 0.137 e. The van der Waals surface area contributed by atoms with Crippen LogP contribution in [0.1, 0.15) is 37.8 Å². The average molecular weight is 248 g/mol. The number of carbonyl (C=O) groups is 1. The molecular weight excluding hydrogens is 228 g/mol. The fourth-order valence-corrected chi connectivity index (χ4v) is 3.43. The van der Waals surface area contributed by atoms with E-state index in [1.165, 1.54) is 6.42 Å². The van der Waals surface area contributed by atoms with Crippen molar-refractivity contribution in [1.82, 2.24) is 19.9 Å². The molecule has 0 amide bonds. The molecule has 1 aromatic rings. The van der Waals surface area contributed by atoms with Crippen LogP contribution in [0.2, 0.25) is 0 Å². The van der Waals surface area contributed by atoms with Crippen molar-refractivity contribution in [3.8, 4) is 0 Å². The van der Waals surface area contributed by atoms with E-state index in [0.717, 1.165) is 44.5 Å². The van der Waals surface area contributed by atoms with Crippen molar-refractivity contribution in [2.75, 3.05) is 6.54 Å². The second kappa shape index (κ2) is 4.80. The van der Waals surface area contributed by atoms with Crippen LogP contribution in [-0.2, 0) is 18.4 Å². The van der Waals surface area contributed by atoms with Gasteiger partial charge >= 0.3 is 0 Å². The first-order chi connectivity index (χ1) is 8.74. The van der Waals surface area contributed by atoms with Gasteiger partial charge in [-0.2, -0.15) is 0 Å². The second-order valence-electron chi connectivity index (χ2n) is 5.53. The highest BCUT2D eigenvalue weighted by Gasteiger charge is 2.38. The highest BCUT2D eigenvalue weighted by molar-refractivity contribution is 5.83. The van der Waals surface area contributed by atoms with Crippen LogP contribution < -0.4 is 0 Å². The van der Waals surface area contributed by atoms with Gasteiger partial charge in [-0.3, -0.25) is 14.4 Å². The summed E-state index contributed by atoms with van der Waals surface area (Å²) in [5.74, 6) is 0.759. The maximum atomic E-state index is 11.9. The minimum absolute atomic E-state index is 0.282. The Morgan fingerprint density at radius 2 is 2.28 bits per heavy atom. The molecule has 0 N–H and O–H groups in total. The van der Waals surface area contributed by atoms with Gasteiger partial charge in [0, 0.05) is 38.2 Å². The first-order valence-electron chi connectivity index (χ1n) is 6.86. The van der Waals surface area contributed by atoms with E-state index in [4.69, 9.17) is 0 Å². The lowest BCUT2D eigenvalue weighted by atomic mass is 9.95. The monoisotopic (exact) mass is 248 g/mol. The third-order valence-corrected chi connectivity index (χ3v) is 4.25. The molecule has 1 aliphatic carbocycles. The van der Waals surface area contributed by atoms with Crippen LogP contribution in [0.4, 0.5) is 0 Å². The molecule has 1 saturated carbocycles. The number of likely N-dealkylation sites (tertiary alicyclic amines) is 1. The Hall–Kier alpha value is -1.23. The van der Waals surface area contributed by atoms with Gasteiger partial charge in [-0.15, -0.1) is 5.10 Å². The topological polar surface area (TPSA) is 51.0 Å².